The predicted molar refractivity (Wildman–Crippen MR) is 179 cm³/mol. The number of fused-ring (bicyclic) bond motifs is 3. The third kappa shape index (κ3) is 4.38. The predicted octanol–water partition coefficient (Wildman–Crippen LogP) is 10.6. The zero-order chi connectivity index (χ0) is 30.9. The first-order valence-corrected chi connectivity index (χ1v) is 14.2. The fourth-order valence-electron chi connectivity index (χ4n) is 6.18. The molecule has 7 rings (SSSR count). The molecule has 0 N–H and O–H groups in total. The number of hydrogen-bond donors (Lipinski definition) is 0. The zero-order valence-corrected chi connectivity index (χ0v) is 23.9. The van der Waals surface area contributed by atoms with E-state index in [9.17, 15) is 10.5 Å². The minimum Gasteiger partial charge on any atom is -0.309 e. The largest absolute Gasteiger partial charge is 0.309 e. The summed E-state index contributed by atoms with van der Waals surface area (Å²) in [5, 5.41) is 21.9. The van der Waals surface area contributed by atoms with Crippen molar-refractivity contribution >= 4 is 33.2 Å². The van der Waals surface area contributed by atoms with Crippen LogP contribution in [0.25, 0.3) is 70.6 Å². The summed E-state index contributed by atoms with van der Waals surface area (Å²) < 4.78 is 2.21. The fraction of sp³-hybridized carbons (Fsp3) is 0. The van der Waals surface area contributed by atoms with Gasteiger partial charge in [-0.15, -0.1) is 0 Å². The van der Waals surface area contributed by atoms with Crippen molar-refractivity contribution in [1.82, 2.24) is 4.57 Å². The topological polar surface area (TPSA) is 61.2 Å². The summed E-state index contributed by atoms with van der Waals surface area (Å²) in [6.07, 6.45) is 0. The van der Waals surface area contributed by atoms with E-state index in [1.165, 1.54) is 0 Å². The van der Waals surface area contributed by atoms with Crippen LogP contribution >= 0.6 is 0 Å². The van der Waals surface area contributed by atoms with Crippen molar-refractivity contribution in [3.63, 3.8) is 0 Å². The van der Waals surface area contributed by atoms with Crippen molar-refractivity contribution < 1.29 is 0 Å². The van der Waals surface area contributed by atoms with Crippen LogP contribution in [0.4, 0.5) is 11.4 Å². The van der Waals surface area contributed by atoms with Crippen molar-refractivity contribution in [2.45, 2.75) is 0 Å². The highest BCUT2D eigenvalue weighted by molar-refractivity contribution is 6.14. The van der Waals surface area contributed by atoms with Gasteiger partial charge in [0.05, 0.1) is 36.3 Å². The Hall–Kier alpha value is -6.92. The molecule has 0 saturated heterocycles. The smallest absolute Gasteiger partial charge is 0.196 e. The molecule has 0 fully saturated rings. The van der Waals surface area contributed by atoms with Gasteiger partial charge in [0.25, 0.3) is 0 Å². The second-order valence-corrected chi connectivity index (χ2v) is 10.5. The zero-order valence-electron chi connectivity index (χ0n) is 23.9. The first-order chi connectivity index (χ1) is 22.2. The highest BCUT2D eigenvalue weighted by Crippen LogP contribution is 2.45. The first kappa shape index (κ1) is 26.9. The normalized spacial score (nSPS) is 10.6. The van der Waals surface area contributed by atoms with Crippen LogP contribution in [0.2, 0.25) is 0 Å². The second kappa shape index (κ2) is 11.1. The van der Waals surface area contributed by atoms with Crippen LogP contribution < -0.4 is 0 Å². The maximum atomic E-state index is 10.2. The average molecular weight is 572 g/mol. The van der Waals surface area contributed by atoms with Crippen molar-refractivity contribution in [3.05, 3.63) is 161 Å². The van der Waals surface area contributed by atoms with Gasteiger partial charge in [0, 0.05) is 38.7 Å². The van der Waals surface area contributed by atoms with Crippen molar-refractivity contribution in [3.8, 4) is 51.2 Å². The standard InChI is InChI=1S/C40H21N5/c1-43-35-17-9-13-28(24-41)39(35)27-19-20-37-32(21-27)33-22-34(40-29(25-42)14-10-18-36(40)44-2)31(26-11-5-3-6-12-26)23-38(33)45(37)30-15-7-4-8-16-30/h3-23H. The summed E-state index contributed by atoms with van der Waals surface area (Å²) in [6, 6.07) is 45.4. The molecule has 0 aliphatic heterocycles. The Morgan fingerprint density at radius 3 is 1.76 bits per heavy atom. The van der Waals surface area contributed by atoms with Gasteiger partial charge in [-0.2, -0.15) is 10.5 Å². The Morgan fingerprint density at radius 2 is 1.11 bits per heavy atom. The highest BCUT2D eigenvalue weighted by Gasteiger charge is 2.22. The van der Waals surface area contributed by atoms with Crippen LogP contribution in [0.1, 0.15) is 11.1 Å². The van der Waals surface area contributed by atoms with E-state index >= 15 is 0 Å². The fourth-order valence-corrected chi connectivity index (χ4v) is 6.18. The highest BCUT2D eigenvalue weighted by atomic mass is 15.0. The van der Waals surface area contributed by atoms with E-state index in [1.807, 2.05) is 66.7 Å². The lowest BCUT2D eigenvalue weighted by molar-refractivity contribution is 1.18. The molecule has 0 spiro atoms. The Balaban J connectivity index is 1.66. The first-order valence-electron chi connectivity index (χ1n) is 14.2. The van der Waals surface area contributed by atoms with Crippen LogP contribution in [-0.2, 0) is 0 Å². The number of nitriles is 2. The van der Waals surface area contributed by atoms with E-state index in [0.29, 0.717) is 33.6 Å². The van der Waals surface area contributed by atoms with E-state index in [2.05, 4.69) is 50.7 Å². The van der Waals surface area contributed by atoms with E-state index in [4.69, 9.17) is 13.1 Å². The van der Waals surface area contributed by atoms with Crippen LogP contribution in [0, 0.1) is 35.8 Å². The Bertz CT molecular complexity index is 2400. The number of aromatic nitrogens is 1. The lowest BCUT2D eigenvalue weighted by Crippen LogP contribution is -1.95. The molecule has 0 radical (unpaired) electrons. The number of rotatable bonds is 4. The molecular weight excluding hydrogens is 550 g/mol. The molecule has 45 heavy (non-hydrogen) atoms. The SMILES string of the molecule is [C-]#[N+]c1cccc(C#N)c1-c1ccc2c(c1)c1cc(-c3c(C#N)cccc3[N+]#[C-])c(-c3ccccc3)cc1n2-c1ccccc1. The van der Waals surface area contributed by atoms with Crippen molar-refractivity contribution in [1.29, 1.82) is 10.5 Å². The van der Waals surface area contributed by atoms with E-state index in [1.54, 1.807) is 36.4 Å². The minimum atomic E-state index is 0.405. The molecule has 1 heterocycles. The summed E-state index contributed by atoms with van der Waals surface area (Å²) in [5.41, 5.74) is 9.19. The third-order valence-corrected chi connectivity index (χ3v) is 8.13. The van der Waals surface area contributed by atoms with Gasteiger partial charge in [-0.05, 0) is 70.8 Å². The molecule has 1 aromatic heterocycles. The molecule has 0 unspecified atom stereocenters. The maximum Gasteiger partial charge on any atom is 0.196 e. The van der Waals surface area contributed by atoms with Crippen molar-refractivity contribution in [2.24, 2.45) is 0 Å². The lowest BCUT2D eigenvalue weighted by Gasteiger charge is -2.15. The Morgan fingerprint density at radius 1 is 0.511 bits per heavy atom. The summed E-state index contributed by atoms with van der Waals surface area (Å²) in [4.78, 5) is 7.54. The monoisotopic (exact) mass is 571 g/mol. The molecule has 7 aromatic rings. The van der Waals surface area contributed by atoms with Crippen LogP contribution in [0.5, 0.6) is 0 Å². The van der Waals surface area contributed by atoms with Gasteiger partial charge < -0.3 is 4.57 Å². The Labute approximate surface area is 260 Å². The van der Waals surface area contributed by atoms with Gasteiger partial charge in [0.15, 0.2) is 11.4 Å². The molecule has 0 atom stereocenters. The molecule has 5 heteroatoms. The Kier molecular flexibility index (Phi) is 6.62. The molecule has 0 saturated carbocycles. The van der Waals surface area contributed by atoms with Gasteiger partial charge in [-0.1, -0.05) is 78.9 Å². The molecule has 6 aromatic carbocycles. The molecule has 0 aliphatic rings. The number of nitrogens with zero attached hydrogens (tertiary/aromatic N) is 5. The van der Waals surface area contributed by atoms with E-state index in [0.717, 1.165) is 49.7 Å². The maximum absolute atomic E-state index is 10.2. The second-order valence-electron chi connectivity index (χ2n) is 10.5. The van der Waals surface area contributed by atoms with E-state index < -0.39 is 0 Å². The number of benzene rings is 6. The molecule has 0 aliphatic carbocycles. The molecular formula is C40H21N5. The number of hydrogen-bond acceptors (Lipinski definition) is 2. The summed E-state index contributed by atoms with van der Waals surface area (Å²) in [5.74, 6) is 0. The van der Waals surface area contributed by atoms with Crippen LogP contribution in [0.3, 0.4) is 0 Å². The number of para-hydroxylation sites is 1. The summed E-state index contributed by atoms with van der Waals surface area (Å²) in [6.45, 7) is 15.7. The average Bonchev–Trinajstić information content (AvgIpc) is 3.43. The van der Waals surface area contributed by atoms with Gasteiger partial charge in [0.2, 0.25) is 0 Å². The van der Waals surface area contributed by atoms with Crippen molar-refractivity contribution in [2.75, 3.05) is 0 Å². The van der Waals surface area contributed by atoms with Gasteiger partial charge in [0.1, 0.15) is 0 Å². The summed E-state index contributed by atoms with van der Waals surface area (Å²) in [7, 11) is 0. The van der Waals surface area contributed by atoms with Crippen LogP contribution in [0.15, 0.2) is 127 Å². The quantitative estimate of drug-likeness (QED) is 0.197. The van der Waals surface area contributed by atoms with Gasteiger partial charge in [-0.3, -0.25) is 0 Å². The third-order valence-electron chi connectivity index (χ3n) is 8.13. The van der Waals surface area contributed by atoms with Gasteiger partial charge >= 0.3 is 0 Å². The summed E-state index contributed by atoms with van der Waals surface area (Å²) >= 11 is 0. The molecule has 0 bridgehead atoms. The molecule has 206 valence electrons. The minimum absolute atomic E-state index is 0.405. The molecule has 5 nitrogen and oxygen atoms in total. The lowest BCUT2D eigenvalue weighted by atomic mass is 9.89. The van der Waals surface area contributed by atoms with Crippen LogP contribution in [-0.4, -0.2) is 4.57 Å². The molecule has 0 amide bonds. The van der Waals surface area contributed by atoms with Gasteiger partial charge in [-0.25, -0.2) is 9.69 Å². The van der Waals surface area contributed by atoms with E-state index in [-0.39, 0.29) is 0 Å².